The minimum atomic E-state index is -0.340. The van der Waals surface area contributed by atoms with E-state index in [1.165, 1.54) is 22.2 Å². The van der Waals surface area contributed by atoms with Gasteiger partial charge in [0.15, 0.2) is 5.13 Å². The van der Waals surface area contributed by atoms with E-state index in [0.29, 0.717) is 22.5 Å². The highest BCUT2D eigenvalue weighted by atomic mass is 35.5. The molecule has 22 heavy (non-hydrogen) atoms. The maximum atomic E-state index is 11.9. The summed E-state index contributed by atoms with van der Waals surface area (Å²) < 4.78 is 6.35. The second-order valence-corrected chi connectivity index (χ2v) is 5.67. The van der Waals surface area contributed by atoms with E-state index in [1.54, 1.807) is 19.2 Å². The second-order valence-electron chi connectivity index (χ2n) is 4.41. The number of esters is 1. The first kappa shape index (κ1) is 16.4. The van der Waals surface area contributed by atoms with E-state index in [4.69, 9.17) is 16.3 Å². The van der Waals surface area contributed by atoms with Crippen molar-refractivity contribution >= 4 is 39.9 Å². The summed E-state index contributed by atoms with van der Waals surface area (Å²) in [5.74, 6) is -0.604. The van der Waals surface area contributed by atoms with E-state index in [-0.39, 0.29) is 24.8 Å². The van der Waals surface area contributed by atoms with E-state index in [9.17, 15) is 9.59 Å². The molecule has 1 amide bonds. The van der Waals surface area contributed by atoms with E-state index < -0.39 is 0 Å². The molecular formula is C13H15ClN4O3S. The SMILES string of the molecule is CCOC(=O)Cc1csc(NC(=O)Cn2ncc(Cl)c2C)n1. The van der Waals surface area contributed by atoms with Crippen LogP contribution < -0.4 is 5.32 Å². The zero-order chi connectivity index (χ0) is 16.1. The van der Waals surface area contributed by atoms with Gasteiger partial charge in [0, 0.05) is 5.38 Å². The highest BCUT2D eigenvalue weighted by molar-refractivity contribution is 7.13. The van der Waals surface area contributed by atoms with Gasteiger partial charge in [0.05, 0.1) is 35.6 Å². The lowest BCUT2D eigenvalue weighted by atomic mass is 10.3. The van der Waals surface area contributed by atoms with Crippen molar-refractivity contribution in [2.75, 3.05) is 11.9 Å². The Labute approximate surface area is 136 Å². The topological polar surface area (TPSA) is 86.1 Å². The lowest BCUT2D eigenvalue weighted by Gasteiger charge is -2.04. The number of carbonyl (C=O) groups is 2. The van der Waals surface area contributed by atoms with E-state index >= 15 is 0 Å². The van der Waals surface area contributed by atoms with Crippen LogP contribution in [0.5, 0.6) is 0 Å². The number of aromatic nitrogens is 3. The maximum absolute atomic E-state index is 11.9. The molecule has 2 aromatic heterocycles. The van der Waals surface area contributed by atoms with Crippen LogP contribution in [0.4, 0.5) is 5.13 Å². The van der Waals surface area contributed by atoms with Crippen molar-refractivity contribution in [3.63, 3.8) is 0 Å². The molecule has 0 radical (unpaired) electrons. The third-order valence-electron chi connectivity index (χ3n) is 2.77. The first-order valence-corrected chi connectivity index (χ1v) is 7.83. The zero-order valence-corrected chi connectivity index (χ0v) is 13.7. The fourth-order valence-corrected chi connectivity index (χ4v) is 2.55. The van der Waals surface area contributed by atoms with Crippen LogP contribution in [0.3, 0.4) is 0 Å². The first-order valence-electron chi connectivity index (χ1n) is 6.57. The standard InChI is InChI=1S/C13H15ClN4O3S/c1-3-21-12(20)4-9-7-22-13(16-9)17-11(19)6-18-8(2)10(14)5-15-18/h5,7H,3-4,6H2,1-2H3,(H,16,17,19). The van der Waals surface area contributed by atoms with Gasteiger partial charge < -0.3 is 10.1 Å². The number of rotatable bonds is 6. The molecule has 0 bridgehead atoms. The molecule has 2 aromatic rings. The van der Waals surface area contributed by atoms with Gasteiger partial charge in [-0.05, 0) is 13.8 Å². The molecule has 1 N–H and O–H groups in total. The first-order chi connectivity index (χ1) is 10.5. The molecule has 2 heterocycles. The van der Waals surface area contributed by atoms with Gasteiger partial charge in [-0.1, -0.05) is 11.6 Å². The number of ether oxygens (including phenoxy) is 1. The molecular weight excluding hydrogens is 328 g/mol. The van der Waals surface area contributed by atoms with Crippen LogP contribution in [0, 0.1) is 6.92 Å². The Kier molecular flexibility index (Phi) is 5.51. The van der Waals surface area contributed by atoms with Crippen LogP contribution in [0.25, 0.3) is 0 Å². The molecule has 7 nitrogen and oxygen atoms in total. The maximum Gasteiger partial charge on any atom is 0.311 e. The number of nitrogens with one attached hydrogen (secondary N) is 1. The van der Waals surface area contributed by atoms with Gasteiger partial charge in [-0.15, -0.1) is 11.3 Å². The molecule has 0 atom stereocenters. The Morgan fingerprint density at radius 1 is 1.50 bits per heavy atom. The molecule has 0 aliphatic carbocycles. The molecule has 0 spiro atoms. The monoisotopic (exact) mass is 342 g/mol. The second kappa shape index (κ2) is 7.37. The Hall–Kier alpha value is -1.93. The number of hydrogen-bond acceptors (Lipinski definition) is 6. The zero-order valence-electron chi connectivity index (χ0n) is 12.1. The molecule has 0 saturated carbocycles. The van der Waals surface area contributed by atoms with Crippen molar-refractivity contribution in [2.45, 2.75) is 26.8 Å². The molecule has 2 rings (SSSR count). The molecule has 9 heteroatoms. The molecule has 118 valence electrons. The van der Waals surface area contributed by atoms with Crippen LogP contribution in [-0.4, -0.2) is 33.2 Å². The average Bonchev–Trinajstić information content (AvgIpc) is 3.00. The number of thiazole rings is 1. The predicted molar refractivity (Wildman–Crippen MR) is 83.1 cm³/mol. The third-order valence-corrected chi connectivity index (χ3v) is 3.94. The van der Waals surface area contributed by atoms with Crippen LogP contribution in [0.1, 0.15) is 18.3 Å². The summed E-state index contributed by atoms with van der Waals surface area (Å²) in [4.78, 5) is 27.5. The van der Waals surface area contributed by atoms with Gasteiger partial charge >= 0.3 is 5.97 Å². The van der Waals surface area contributed by atoms with Gasteiger partial charge in [0.1, 0.15) is 6.54 Å². The van der Waals surface area contributed by atoms with Crippen molar-refractivity contribution < 1.29 is 14.3 Å². The molecule has 0 fully saturated rings. The number of carbonyl (C=O) groups excluding carboxylic acids is 2. The Morgan fingerprint density at radius 3 is 2.91 bits per heavy atom. The normalized spacial score (nSPS) is 10.5. The van der Waals surface area contributed by atoms with Gasteiger partial charge in [-0.3, -0.25) is 14.3 Å². The van der Waals surface area contributed by atoms with Crippen LogP contribution >= 0.6 is 22.9 Å². The highest BCUT2D eigenvalue weighted by Crippen LogP contribution is 2.17. The molecule has 0 aliphatic rings. The fraction of sp³-hybridized carbons (Fsp3) is 0.385. The van der Waals surface area contributed by atoms with Crippen molar-refractivity contribution in [2.24, 2.45) is 0 Å². The fourth-order valence-electron chi connectivity index (χ4n) is 1.68. The quantitative estimate of drug-likeness (QED) is 0.812. The van der Waals surface area contributed by atoms with Crippen molar-refractivity contribution in [3.8, 4) is 0 Å². The summed E-state index contributed by atoms with van der Waals surface area (Å²) in [6, 6.07) is 0. The molecule has 0 saturated heterocycles. The number of hydrogen-bond donors (Lipinski definition) is 1. The Balaban J connectivity index is 1.91. The summed E-state index contributed by atoms with van der Waals surface area (Å²) in [6.07, 6.45) is 1.58. The third kappa shape index (κ3) is 4.28. The van der Waals surface area contributed by atoms with Crippen LogP contribution in [0.15, 0.2) is 11.6 Å². The summed E-state index contributed by atoms with van der Waals surface area (Å²) in [6.45, 7) is 3.90. The van der Waals surface area contributed by atoms with Gasteiger partial charge in [0.2, 0.25) is 5.91 Å². The number of nitrogens with zero attached hydrogens (tertiary/aromatic N) is 3. The summed E-state index contributed by atoms with van der Waals surface area (Å²) in [7, 11) is 0. The summed E-state index contributed by atoms with van der Waals surface area (Å²) in [5, 5.41) is 9.33. The van der Waals surface area contributed by atoms with Crippen molar-refractivity contribution in [1.82, 2.24) is 14.8 Å². The minimum absolute atomic E-state index is 0.0470. The summed E-state index contributed by atoms with van der Waals surface area (Å²) in [5.41, 5.74) is 1.29. The average molecular weight is 343 g/mol. The highest BCUT2D eigenvalue weighted by Gasteiger charge is 2.12. The van der Waals surface area contributed by atoms with Crippen LogP contribution in [-0.2, 0) is 27.3 Å². The van der Waals surface area contributed by atoms with E-state index in [1.807, 2.05) is 0 Å². The van der Waals surface area contributed by atoms with Gasteiger partial charge in [-0.25, -0.2) is 4.98 Å². The minimum Gasteiger partial charge on any atom is -0.466 e. The van der Waals surface area contributed by atoms with E-state index in [2.05, 4.69) is 15.4 Å². The lowest BCUT2D eigenvalue weighted by Crippen LogP contribution is -2.20. The number of amides is 1. The van der Waals surface area contributed by atoms with E-state index in [0.717, 1.165) is 5.69 Å². The number of halogens is 1. The predicted octanol–water partition coefficient (Wildman–Crippen LogP) is 2.05. The molecule has 0 aliphatic heterocycles. The van der Waals surface area contributed by atoms with Gasteiger partial charge in [0.25, 0.3) is 0 Å². The van der Waals surface area contributed by atoms with Crippen molar-refractivity contribution in [1.29, 1.82) is 0 Å². The number of anilines is 1. The Morgan fingerprint density at radius 2 is 2.27 bits per heavy atom. The summed E-state index contributed by atoms with van der Waals surface area (Å²) >= 11 is 7.13. The lowest BCUT2D eigenvalue weighted by molar-refractivity contribution is -0.142. The largest absolute Gasteiger partial charge is 0.466 e. The molecule has 0 aromatic carbocycles. The Bertz CT molecular complexity index is 683. The van der Waals surface area contributed by atoms with Crippen molar-refractivity contribution in [3.05, 3.63) is 28.0 Å². The van der Waals surface area contributed by atoms with Crippen LogP contribution in [0.2, 0.25) is 5.02 Å². The smallest absolute Gasteiger partial charge is 0.311 e. The molecule has 0 unspecified atom stereocenters. The van der Waals surface area contributed by atoms with Gasteiger partial charge in [-0.2, -0.15) is 5.10 Å².